The van der Waals surface area contributed by atoms with E-state index in [-0.39, 0.29) is 5.92 Å². The SMILES string of the molecule is Cc1cc(CNC(C)(C(=O)O)C2CC2)on1. The lowest BCUT2D eigenvalue weighted by atomic mass is 9.96. The number of carboxylic acids is 1. The molecular formula is C11H16N2O3. The molecule has 1 fully saturated rings. The Hall–Kier alpha value is -1.36. The molecule has 1 aliphatic carbocycles. The van der Waals surface area contributed by atoms with Crippen LogP contribution in [0.1, 0.15) is 31.2 Å². The maximum Gasteiger partial charge on any atom is 0.323 e. The Balaban J connectivity index is 1.99. The van der Waals surface area contributed by atoms with Gasteiger partial charge >= 0.3 is 5.97 Å². The minimum absolute atomic E-state index is 0.231. The first-order chi connectivity index (χ1) is 7.52. The number of hydrogen-bond acceptors (Lipinski definition) is 4. The van der Waals surface area contributed by atoms with Crippen LogP contribution in [-0.2, 0) is 11.3 Å². The highest BCUT2D eigenvalue weighted by atomic mass is 16.5. The minimum Gasteiger partial charge on any atom is -0.480 e. The second kappa shape index (κ2) is 3.90. The van der Waals surface area contributed by atoms with Crippen LogP contribution in [-0.4, -0.2) is 21.8 Å². The number of rotatable bonds is 5. The molecule has 1 atom stereocenters. The lowest BCUT2D eigenvalue weighted by Crippen LogP contribution is -2.51. The van der Waals surface area contributed by atoms with Crippen LogP contribution in [0.3, 0.4) is 0 Å². The molecule has 0 aromatic carbocycles. The van der Waals surface area contributed by atoms with Gasteiger partial charge in [0.2, 0.25) is 0 Å². The lowest BCUT2D eigenvalue weighted by Gasteiger charge is -2.25. The van der Waals surface area contributed by atoms with E-state index in [1.54, 1.807) is 6.92 Å². The number of aromatic nitrogens is 1. The van der Waals surface area contributed by atoms with E-state index in [2.05, 4.69) is 10.5 Å². The Morgan fingerprint density at radius 2 is 2.44 bits per heavy atom. The molecule has 2 rings (SSSR count). The third-order valence-corrected chi connectivity index (χ3v) is 3.14. The fourth-order valence-electron chi connectivity index (χ4n) is 1.83. The average molecular weight is 224 g/mol. The molecule has 88 valence electrons. The van der Waals surface area contributed by atoms with Gasteiger partial charge < -0.3 is 9.63 Å². The van der Waals surface area contributed by atoms with E-state index < -0.39 is 11.5 Å². The Labute approximate surface area is 93.8 Å². The summed E-state index contributed by atoms with van der Waals surface area (Å²) in [6, 6.07) is 1.81. The number of nitrogens with one attached hydrogen (secondary N) is 1. The summed E-state index contributed by atoms with van der Waals surface area (Å²) in [4.78, 5) is 11.2. The topological polar surface area (TPSA) is 75.4 Å². The molecule has 1 aromatic heterocycles. The molecule has 2 N–H and O–H groups in total. The van der Waals surface area contributed by atoms with Gasteiger partial charge in [-0.05, 0) is 32.6 Å². The highest BCUT2D eigenvalue weighted by Crippen LogP contribution is 2.39. The number of aliphatic carboxylic acids is 1. The second-order valence-corrected chi connectivity index (χ2v) is 4.57. The van der Waals surface area contributed by atoms with Crippen LogP contribution in [0.5, 0.6) is 0 Å². The summed E-state index contributed by atoms with van der Waals surface area (Å²) in [5.41, 5.74) is -0.0407. The second-order valence-electron chi connectivity index (χ2n) is 4.57. The fraction of sp³-hybridized carbons (Fsp3) is 0.636. The summed E-state index contributed by atoms with van der Waals surface area (Å²) >= 11 is 0. The van der Waals surface area contributed by atoms with Crippen molar-refractivity contribution in [3.63, 3.8) is 0 Å². The van der Waals surface area contributed by atoms with Crippen molar-refractivity contribution in [2.45, 2.75) is 38.8 Å². The van der Waals surface area contributed by atoms with Gasteiger partial charge in [-0.15, -0.1) is 0 Å². The Morgan fingerprint density at radius 1 is 1.75 bits per heavy atom. The van der Waals surface area contributed by atoms with Crippen LogP contribution in [0.4, 0.5) is 0 Å². The monoisotopic (exact) mass is 224 g/mol. The molecule has 1 heterocycles. The highest BCUT2D eigenvalue weighted by molar-refractivity contribution is 5.79. The number of nitrogens with zero attached hydrogens (tertiary/aromatic N) is 1. The zero-order valence-electron chi connectivity index (χ0n) is 9.49. The average Bonchev–Trinajstić information content (AvgIpc) is 2.99. The van der Waals surface area contributed by atoms with E-state index in [0.29, 0.717) is 12.3 Å². The zero-order valence-corrected chi connectivity index (χ0v) is 9.49. The van der Waals surface area contributed by atoms with Gasteiger partial charge in [-0.25, -0.2) is 0 Å². The van der Waals surface area contributed by atoms with Crippen molar-refractivity contribution in [3.05, 3.63) is 17.5 Å². The van der Waals surface area contributed by atoms with Crippen molar-refractivity contribution < 1.29 is 14.4 Å². The predicted molar refractivity (Wildman–Crippen MR) is 56.8 cm³/mol. The number of hydrogen-bond donors (Lipinski definition) is 2. The predicted octanol–water partition coefficient (Wildman–Crippen LogP) is 1.33. The van der Waals surface area contributed by atoms with Gasteiger partial charge in [-0.3, -0.25) is 10.1 Å². The van der Waals surface area contributed by atoms with Crippen LogP contribution >= 0.6 is 0 Å². The number of carbonyl (C=O) groups is 1. The molecule has 0 saturated heterocycles. The Morgan fingerprint density at radius 3 is 2.88 bits per heavy atom. The molecule has 5 heteroatoms. The summed E-state index contributed by atoms with van der Waals surface area (Å²) in [6.07, 6.45) is 1.95. The van der Waals surface area contributed by atoms with Crippen molar-refractivity contribution in [1.29, 1.82) is 0 Å². The Kier molecular flexibility index (Phi) is 2.71. The normalized spacial score (nSPS) is 19.4. The third-order valence-electron chi connectivity index (χ3n) is 3.14. The molecule has 5 nitrogen and oxygen atoms in total. The molecule has 0 radical (unpaired) electrons. The molecular weight excluding hydrogens is 208 g/mol. The van der Waals surface area contributed by atoms with E-state index in [4.69, 9.17) is 4.52 Å². The minimum atomic E-state index is -0.847. The largest absolute Gasteiger partial charge is 0.480 e. The van der Waals surface area contributed by atoms with Crippen molar-refractivity contribution in [2.24, 2.45) is 5.92 Å². The van der Waals surface area contributed by atoms with Gasteiger partial charge in [0.15, 0.2) is 5.76 Å². The quantitative estimate of drug-likeness (QED) is 0.789. The van der Waals surface area contributed by atoms with Crippen LogP contribution in [0.15, 0.2) is 10.6 Å². The van der Waals surface area contributed by atoms with E-state index in [1.165, 1.54) is 0 Å². The Bertz CT molecular complexity index is 398. The molecule has 0 spiro atoms. The lowest BCUT2D eigenvalue weighted by molar-refractivity contribution is -0.145. The number of aryl methyl sites for hydroxylation is 1. The van der Waals surface area contributed by atoms with Gasteiger partial charge in [0.05, 0.1) is 12.2 Å². The first-order valence-corrected chi connectivity index (χ1v) is 5.43. The summed E-state index contributed by atoms with van der Waals surface area (Å²) in [6.45, 7) is 3.97. The van der Waals surface area contributed by atoms with Gasteiger partial charge in [-0.2, -0.15) is 0 Å². The number of carboxylic acid groups (broad SMARTS) is 1. The van der Waals surface area contributed by atoms with E-state index in [0.717, 1.165) is 18.5 Å². The van der Waals surface area contributed by atoms with E-state index in [1.807, 2.05) is 13.0 Å². The highest BCUT2D eigenvalue weighted by Gasteiger charge is 2.47. The maximum atomic E-state index is 11.2. The molecule has 16 heavy (non-hydrogen) atoms. The molecule has 0 aliphatic heterocycles. The van der Waals surface area contributed by atoms with Crippen molar-refractivity contribution in [2.75, 3.05) is 0 Å². The molecule has 0 amide bonds. The summed E-state index contributed by atoms with van der Waals surface area (Å²) < 4.78 is 5.03. The van der Waals surface area contributed by atoms with Gasteiger partial charge in [0.25, 0.3) is 0 Å². The van der Waals surface area contributed by atoms with Crippen molar-refractivity contribution in [3.8, 4) is 0 Å². The van der Waals surface area contributed by atoms with Crippen LogP contribution in [0.25, 0.3) is 0 Å². The van der Waals surface area contributed by atoms with Crippen molar-refractivity contribution >= 4 is 5.97 Å². The maximum absolute atomic E-state index is 11.2. The molecule has 1 aromatic rings. The first kappa shape index (κ1) is 11.1. The van der Waals surface area contributed by atoms with Gasteiger partial charge in [0.1, 0.15) is 5.54 Å². The molecule has 1 saturated carbocycles. The van der Waals surface area contributed by atoms with Gasteiger partial charge in [0, 0.05) is 6.07 Å². The smallest absolute Gasteiger partial charge is 0.323 e. The molecule has 1 unspecified atom stereocenters. The van der Waals surface area contributed by atoms with Crippen LogP contribution < -0.4 is 5.32 Å². The van der Waals surface area contributed by atoms with Crippen LogP contribution in [0, 0.1) is 12.8 Å². The summed E-state index contributed by atoms with van der Waals surface area (Å²) in [7, 11) is 0. The molecule has 1 aliphatic rings. The van der Waals surface area contributed by atoms with E-state index >= 15 is 0 Å². The standard InChI is InChI=1S/C11H16N2O3/c1-7-5-9(16-13-7)6-12-11(2,10(14)15)8-3-4-8/h5,8,12H,3-4,6H2,1-2H3,(H,14,15). The van der Waals surface area contributed by atoms with Gasteiger partial charge in [-0.1, -0.05) is 5.16 Å². The zero-order chi connectivity index (χ0) is 11.8. The fourth-order valence-corrected chi connectivity index (χ4v) is 1.83. The van der Waals surface area contributed by atoms with E-state index in [9.17, 15) is 9.90 Å². The summed E-state index contributed by atoms with van der Waals surface area (Å²) in [5, 5.41) is 16.0. The summed E-state index contributed by atoms with van der Waals surface area (Å²) in [5.74, 6) is 0.103. The third kappa shape index (κ3) is 2.09. The first-order valence-electron chi connectivity index (χ1n) is 5.43. The van der Waals surface area contributed by atoms with Crippen LogP contribution in [0.2, 0.25) is 0 Å². The van der Waals surface area contributed by atoms with Crippen molar-refractivity contribution in [1.82, 2.24) is 10.5 Å². The molecule has 0 bridgehead atoms.